The van der Waals surface area contributed by atoms with E-state index < -0.39 is 12.0 Å². The molecule has 0 aliphatic heterocycles. The number of aliphatic carboxylic acids is 1. The fourth-order valence-corrected chi connectivity index (χ4v) is 0.497. The number of hydrogen-bond acceptors (Lipinski definition) is 2. The van der Waals surface area contributed by atoms with Gasteiger partial charge in [-0.25, -0.2) is 0 Å². The van der Waals surface area contributed by atoms with Crippen molar-refractivity contribution in [1.82, 2.24) is 0 Å². The molecule has 0 fully saturated rings. The Morgan fingerprint density at radius 1 is 1.70 bits per heavy atom. The third-order valence-electron chi connectivity index (χ3n) is 1.54. The van der Waals surface area contributed by atoms with Crippen LogP contribution in [0.3, 0.4) is 0 Å². The normalized spacial score (nSPS) is 15.1. The molecule has 0 saturated heterocycles. The molecule has 0 rings (SSSR count). The van der Waals surface area contributed by atoms with E-state index >= 15 is 0 Å². The van der Waals surface area contributed by atoms with Gasteiger partial charge in [-0.05, 0) is 5.92 Å². The number of carboxylic acid groups (broad SMARTS) is 1. The van der Waals surface area contributed by atoms with E-state index in [9.17, 15) is 4.79 Å². The van der Waals surface area contributed by atoms with Crippen molar-refractivity contribution in [3.8, 4) is 0 Å². The maximum absolute atomic E-state index is 10.2. The van der Waals surface area contributed by atoms with Crippen molar-refractivity contribution in [2.45, 2.75) is 26.3 Å². The first-order chi connectivity index (χ1) is 4.09. The van der Waals surface area contributed by atoms with Crippen molar-refractivity contribution < 1.29 is 9.90 Å². The van der Waals surface area contributed by atoms with Crippen LogP contribution in [0.2, 0.25) is 0 Å². The summed E-state index contributed by atoms with van der Waals surface area (Å²) in [5.74, 6) is -0.841. The fourth-order valence-electron chi connectivity index (χ4n) is 0.497. The van der Waals surface area contributed by atoms with E-state index in [1.54, 1.807) is 0 Å². The number of carbonyl (C=O) groups is 1. The molecule has 0 heterocycles. The average molecular weight is 343 g/mol. The topological polar surface area (TPSA) is 63.3 Å². The van der Waals surface area contributed by atoms with Crippen LogP contribution >= 0.6 is 0 Å². The summed E-state index contributed by atoms with van der Waals surface area (Å²) in [6, 6.07) is -0.699. The van der Waals surface area contributed by atoms with Crippen LogP contribution in [0.15, 0.2) is 0 Å². The van der Waals surface area contributed by atoms with Crippen molar-refractivity contribution >= 4 is 32.2 Å². The Morgan fingerprint density at radius 2 is 2.10 bits per heavy atom. The molecule has 2 atom stereocenters. The molecule has 0 radical (unpaired) electrons. The third kappa shape index (κ3) is 4.18. The van der Waals surface area contributed by atoms with Gasteiger partial charge < -0.3 is 10.8 Å². The molecule has 0 aromatic rings. The molecule has 62 valence electrons. The zero-order valence-corrected chi connectivity index (χ0v) is 12.0. The SMILES string of the molecule is CCC(C)C(N)C(=O)O.[BiH3]. The van der Waals surface area contributed by atoms with Crippen LogP contribution in [-0.2, 0) is 4.79 Å². The summed E-state index contributed by atoms with van der Waals surface area (Å²) >= 11 is 0. The molecule has 4 heteroatoms. The number of carboxylic acids is 1. The zero-order chi connectivity index (χ0) is 7.44. The Morgan fingerprint density at radius 3 is 2.20 bits per heavy atom. The van der Waals surface area contributed by atoms with Crippen LogP contribution in [0.4, 0.5) is 0 Å². The van der Waals surface area contributed by atoms with Gasteiger partial charge in [0, 0.05) is 0 Å². The van der Waals surface area contributed by atoms with Crippen LogP contribution in [0.1, 0.15) is 20.3 Å². The van der Waals surface area contributed by atoms with E-state index in [2.05, 4.69) is 0 Å². The summed E-state index contributed by atoms with van der Waals surface area (Å²) in [6.45, 7) is 3.76. The van der Waals surface area contributed by atoms with E-state index in [1.807, 2.05) is 13.8 Å². The quantitative estimate of drug-likeness (QED) is 0.664. The summed E-state index contributed by atoms with van der Waals surface area (Å²) in [5.41, 5.74) is 5.27. The van der Waals surface area contributed by atoms with Crippen molar-refractivity contribution in [2.24, 2.45) is 11.7 Å². The van der Waals surface area contributed by atoms with E-state index in [1.165, 1.54) is 0 Å². The number of rotatable bonds is 3. The van der Waals surface area contributed by atoms with Crippen molar-refractivity contribution in [2.75, 3.05) is 0 Å². The van der Waals surface area contributed by atoms with E-state index in [0.29, 0.717) is 0 Å². The molecule has 0 bridgehead atoms. The van der Waals surface area contributed by atoms with Crippen molar-refractivity contribution in [3.63, 3.8) is 0 Å². The van der Waals surface area contributed by atoms with Gasteiger partial charge in [0.15, 0.2) is 0 Å². The van der Waals surface area contributed by atoms with Gasteiger partial charge in [0.1, 0.15) is 6.04 Å². The standard InChI is InChI=1S/C6H13NO2.Bi.3H/c1-3-4(2)5(7)6(8)9;;;;/h4-5H,3,7H2,1-2H3,(H,8,9);;;;. The molecule has 0 aromatic carbocycles. The second-order valence-electron chi connectivity index (χ2n) is 2.25. The Bertz CT molecular complexity index is 108. The predicted octanol–water partition coefficient (Wildman–Crippen LogP) is -0.740. The summed E-state index contributed by atoms with van der Waals surface area (Å²) in [4.78, 5) is 10.2. The van der Waals surface area contributed by atoms with Gasteiger partial charge in [-0.15, -0.1) is 0 Å². The predicted molar refractivity (Wildman–Crippen MR) is 45.0 cm³/mol. The Kier molecular flexibility index (Phi) is 7.83. The molecule has 0 amide bonds. The zero-order valence-electron chi connectivity index (χ0n) is 6.50. The number of nitrogens with two attached hydrogens (primary N) is 1. The van der Waals surface area contributed by atoms with Gasteiger partial charge in [0.05, 0.1) is 0 Å². The maximum atomic E-state index is 10.2. The van der Waals surface area contributed by atoms with Crippen molar-refractivity contribution in [1.29, 1.82) is 0 Å². The summed E-state index contributed by atoms with van der Waals surface area (Å²) < 4.78 is 0. The fraction of sp³-hybridized carbons (Fsp3) is 0.833. The third-order valence-corrected chi connectivity index (χ3v) is 1.54. The van der Waals surface area contributed by atoms with E-state index in [0.717, 1.165) is 6.42 Å². The second-order valence-corrected chi connectivity index (χ2v) is 2.25. The summed E-state index contributed by atoms with van der Waals surface area (Å²) in [5, 5.41) is 8.36. The van der Waals surface area contributed by atoms with Crippen LogP contribution in [-0.4, -0.2) is 43.3 Å². The minimum absolute atomic E-state index is 0. The Hall–Kier alpha value is 0.313. The van der Waals surface area contributed by atoms with Crippen LogP contribution in [0.5, 0.6) is 0 Å². The Balaban J connectivity index is 0. The van der Waals surface area contributed by atoms with Gasteiger partial charge in [0.2, 0.25) is 0 Å². The minimum atomic E-state index is -0.913. The molecule has 0 aromatic heterocycles. The van der Waals surface area contributed by atoms with Crippen LogP contribution in [0, 0.1) is 5.92 Å². The summed E-state index contributed by atoms with van der Waals surface area (Å²) in [6.07, 6.45) is 0.813. The van der Waals surface area contributed by atoms with Crippen LogP contribution in [0.25, 0.3) is 0 Å². The molecule has 3 N–H and O–H groups in total. The molecular weight excluding hydrogens is 327 g/mol. The number of hydrogen-bond donors (Lipinski definition) is 2. The van der Waals surface area contributed by atoms with Gasteiger partial charge in [0.25, 0.3) is 0 Å². The van der Waals surface area contributed by atoms with Gasteiger partial charge in [-0.2, -0.15) is 0 Å². The molecule has 10 heavy (non-hydrogen) atoms. The second kappa shape index (κ2) is 6.05. The van der Waals surface area contributed by atoms with Gasteiger partial charge in [-0.1, -0.05) is 20.3 Å². The van der Waals surface area contributed by atoms with Crippen molar-refractivity contribution in [3.05, 3.63) is 0 Å². The molecule has 2 unspecified atom stereocenters. The Labute approximate surface area is 80.1 Å². The summed E-state index contributed by atoms with van der Waals surface area (Å²) in [7, 11) is 0. The van der Waals surface area contributed by atoms with Gasteiger partial charge in [-0.3, -0.25) is 4.79 Å². The van der Waals surface area contributed by atoms with E-state index in [-0.39, 0.29) is 32.1 Å². The first kappa shape index (κ1) is 12.9. The molecule has 0 spiro atoms. The molecule has 0 saturated carbocycles. The first-order valence-electron chi connectivity index (χ1n) is 3.08. The van der Waals surface area contributed by atoms with Crippen LogP contribution < -0.4 is 5.73 Å². The van der Waals surface area contributed by atoms with E-state index in [4.69, 9.17) is 10.8 Å². The average Bonchev–Trinajstić information content (AvgIpc) is 1.84. The molecule has 0 aliphatic rings. The molecule has 3 nitrogen and oxygen atoms in total. The monoisotopic (exact) mass is 343 g/mol. The molecule has 0 aliphatic carbocycles. The first-order valence-corrected chi connectivity index (χ1v) is 3.08. The van der Waals surface area contributed by atoms with Gasteiger partial charge >= 0.3 is 32.2 Å². The molecular formula is C6H16BiNO2.